The summed E-state index contributed by atoms with van der Waals surface area (Å²) in [6.07, 6.45) is 1.25. The molecule has 2 saturated heterocycles. The van der Waals surface area contributed by atoms with Crippen molar-refractivity contribution in [2.45, 2.75) is 34.1 Å². The molecule has 0 saturated carbocycles. The summed E-state index contributed by atoms with van der Waals surface area (Å²) < 4.78 is 10.4. The Bertz CT molecular complexity index is 152. The highest BCUT2D eigenvalue weighted by molar-refractivity contribution is 4.66. The molecule has 15 heavy (non-hydrogen) atoms. The van der Waals surface area contributed by atoms with Crippen LogP contribution in [0.25, 0.3) is 0 Å². The standard InChI is InChI=1S/C7H14O.C6H12O/c1-6-3-4-8-5-7(6)2;1-5-3-7-4-6(5)2/h6-7H,3-5H2,1-2H3;5-6H,3-4H2,1-2H3. The van der Waals surface area contributed by atoms with Gasteiger partial charge in [-0.25, -0.2) is 0 Å². The van der Waals surface area contributed by atoms with E-state index in [4.69, 9.17) is 9.47 Å². The fraction of sp³-hybridized carbons (Fsp3) is 1.00. The first-order valence-electron chi connectivity index (χ1n) is 6.26. The number of hydrogen-bond acceptors (Lipinski definition) is 2. The van der Waals surface area contributed by atoms with Gasteiger partial charge in [0, 0.05) is 26.4 Å². The van der Waals surface area contributed by atoms with E-state index in [0.717, 1.165) is 50.1 Å². The minimum absolute atomic E-state index is 0.781. The van der Waals surface area contributed by atoms with E-state index in [2.05, 4.69) is 27.7 Å². The summed E-state index contributed by atoms with van der Waals surface area (Å²) in [7, 11) is 0. The maximum atomic E-state index is 5.25. The molecule has 0 aromatic heterocycles. The van der Waals surface area contributed by atoms with Gasteiger partial charge in [-0.1, -0.05) is 27.7 Å². The van der Waals surface area contributed by atoms with Crippen molar-refractivity contribution in [2.24, 2.45) is 23.7 Å². The van der Waals surface area contributed by atoms with Gasteiger partial charge in [-0.2, -0.15) is 0 Å². The zero-order chi connectivity index (χ0) is 11.3. The highest BCUT2D eigenvalue weighted by atomic mass is 16.5. The van der Waals surface area contributed by atoms with Crippen molar-refractivity contribution in [3.63, 3.8) is 0 Å². The van der Waals surface area contributed by atoms with Crippen LogP contribution in [0.3, 0.4) is 0 Å². The molecule has 2 fully saturated rings. The Kier molecular flexibility index (Phi) is 5.62. The zero-order valence-corrected chi connectivity index (χ0v) is 10.7. The van der Waals surface area contributed by atoms with E-state index in [9.17, 15) is 0 Å². The third-order valence-corrected chi connectivity index (χ3v) is 3.80. The summed E-state index contributed by atoms with van der Waals surface area (Å²) in [5, 5.41) is 0. The Balaban J connectivity index is 0.000000151. The Morgan fingerprint density at radius 3 is 1.40 bits per heavy atom. The summed E-state index contributed by atoms with van der Waals surface area (Å²) >= 11 is 0. The van der Waals surface area contributed by atoms with Crippen LogP contribution < -0.4 is 0 Å². The summed E-state index contributed by atoms with van der Waals surface area (Å²) in [5.74, 6) is 3.24. The van der Waals surface area contributed by atoms with Gasteiger partial charge < -0.3 is 9.47 Å². The topological polar surface area (TPSA) is 18.5 Å². The van der Waals surface area contributed by atoms with Crippen molar-refractivity contribution in [1.82, 2.24) is 0 Å². The maximum absolute atomic E-state index is 5.25. The van der Waals surface area contributed by atoms with Crippen LogP contribution in [0.1, 0.15) is 34.1 Å². The van der Waals surface area contributed by atoms with Crippen LogP contribution >= 0.6 is 0 Å². The van der Waals surface area contributed by atoms with Gasteiger partial charge in [0.1, 0.15) is 0 Å². The first-order valence-corrected chi connectivity index (χ1v) is 6.26. The third-order valence-electron chi connectivity index (χ3n) is 3.80. The minimum atomic E-state index is 0.781. The lowest BCUT2D eigenvalue weighted by molar-refractivity contribution is 0.0303. The number of hydrogen-bond donors (Lipinski definition) is 0. The fourth-order valence-corrected chi connectivity index (χ4v) is 1.76. The predicted molar refractivity (Wildman–Crippen MR) is 62.9 cm³/mol. The van der Waals surface area contributed by atoms with Gasteiger partial charge in [-0.05, 0) is 30.1 Å². The summed E-state index contributed by atoms with van der Waals surface area (Å²) in [6.45, 7) is 12.9. The lowest BCUT2D eigenvalue weighted by atomic mass is 9.92. The van der Waals surface area contributed by atoms with Crippen molar-refractivity contribution in [2.75, 3.05) is 26.4 Å². The van der Waals surface area contributed by atoms with Gasteiger partial charge in [0.05, 0.1) is 0 Å². The molecule has 2 heteroatoms. The molecule has 0 N–H and O–H groups in total. The monoisotopic (exact) mass is 214 g/mol. The lowest BCUT2D eigenvalue weighted by Crippen LogP contribution is -2.22. The molecular formula is C13H26O2. The molecule has 2 heterocycles. The van der Waals surface area contributed by atoms with Crippen LogP contribution in [0.2, 0.25) is 0 Å². The molecule has 2 aliphatic rings. The van der Waals surface area contributed by atoms with Crippen molar-refractivity contribution < 1.29 is 9.47 Å². The molecule has 4 atom stereocenters. The van der Waals surface area contributed by atoms with Crippen LogP contribution in [0, 0.1) is 23.7 Å². The quantitative estimate of drug-likeness (QED) is 0.617. The average molecular weight is 214 g/mol. The van der Waals surface area contributed by atoms with Crippen molar-refractivity contribution in [3.05, 3.63) is 0 Å². The second-order valence-electron chi connectivity index (χ2n) is 5.31. The molecule has 2 aliphatic heterocycles. The van der Waals surface area contributed by atoms with Crippen molar-refractivity contribution in [3.8, 4) is 0 Å². The van der Waals surface area contributed by atoms with E-state index in [-0.39, 0.29) is 0 Å². The normalized spacial score (nSPS) is 40.8. The van der Waals surface area contributed by atoms with E-state index in [1.807, 2.05) is 0 Å². The molecule has 0 amide bonds. The minimum Gasteiger partial charge on any atom is -0.381 e. The first kappa shape index (κ1) is 13.0. The van der Waals surface area contributed by atoms with Crippen LogP contribution in [-0.2, 0) is 9.47 Å². The van der Waals surface area contributed by atoms with E-state index < -0.39 is 0 Å². The van der Waals surface area contributed by atoms with Gasteiger partial charge in [-0.3, -0.25) is 0 Å². The predicted octanol–water partition coefficient (Wildman–Crippen LogP) is 2.97. The molecule has 0 aromatic carbocycles. The molecule has 0 bridgehead atoms. The fourth-order valence-electron chi connectivity index (χ4n) is 1.76. The first-order chi connectivity index (χ1) is 7.11. The SMILES string of the molecule is CC1CCOCC1C.CC1COCC1C. The third kappa shape index (κ3) is 4.52. The molecule has 0 aromatic rings. The highest BCUT2D eigenvalue weighted by Crippen LogP contribution is 2.19. The Labute approximate surface area is 94.3 Å². The number of rotatable bonds is 0. The highest BCUT2D eigenvalue weighted by Gasteiger charge is 2.18. The Morgan fingerprint density at radius 2 is 1.13 bits per heavy atom. The van der Waals surface area contributed by atoms with E-state index in [1.54, 1.807) is 0 Å². The molecule has 0 spiro atoms. The molecule has 90 valence electrons. The molecule has 0 aliphatic carbocycles. The van der Waals surface area contributed by atoms with E-state index in [1.165, 1.54) is 6.42 Å². The maximum Gasteiger partial charge on any atom is 0.0495 e. The van der Waals surface area contributed by atoms with Crippen molar-refractivity contribution in [1.29, 1.82) is 0 Å². The summed E-state index contributed by atoms with van der Waals surface area (Å²) in [4.78, 5) is 0. The van der Waals surface area contributed by atoms with E-state index >= 15 is 0 Å². The van der Waals surface area contributed by atoms with E-state index in [0.29, 0.717) is 0 Å². The Morgan fingerprint density at radius 1 is 0.667 bits per heavy atom. The van der Waals surface area contributed by atoms with Gasteiger partial charge in [0.15, 0.2) is 0 Å². The smallest absolute Gasteiger partial charge is 0.0495 e. The van der Waals surface area contributed by atoms with Crippen LogP contribution in [0.4, 0.5) is 0 Å². The van der Waals surface area contributed by atoms with Crippen LogP contribution in [-0.4, -0.2) is 26.4 Å². The van der Waals surface area contributed by atoms with Crippen LogP contribution in [0.15, 0.2) is 0 Å². The second-order valence-corrected chi connectivity index (χ2v) is 5.31. The summed E-state index contributed by atoms with van der Waals surface area (Å²) in [6, 6.07) is 0. The molecule has 0 radical (unpaired) electrons. The molecule has 2 rings (SSSR count). The van der Waals surface area contributed by atoms with Crippen molar-refractivity contribution >= 4 is 0 Å². The molecular weight excluding hydrogens is 188 g/mol. The lowest BCUT2D eigenvalue weighted by Gasteiger charge is -2.24. The zero-order valence-electron chi connectivity index (χ0n) is 10.7. The second kappa shape index (κ2) is 6.49. The van der Waals surface area contributed by atoms with Gasteiger partial charge >= 0.3 is 0 Å². The average Bonchev–Trinajstić information content (AvgIpc) is 2.57. The molecule has 2 nitrogen and oxygen atoms in total. The van der Waals surface area contributed by atoms with Gasteiger partial charge in [0.2, 0.25) is 0 Å². The number of ether oxygens (including phenoxy) is 2. The van der Waals surface area contributed by atoms with Gasteiger partial charge in [-0.15, -0.1) is 0 Å². The molecule has 4 unspecified atom stereocenters. The van der Waals surface area contributed by atoms with Crippen LogP contribution in [0.5, 0.6) is 0 Å². The largest absolute Gasteiger partial charge is 0.381 e. The summed E-state index contributed by atoms with van der Waals surface area (Å²) in [5.41, 5.74) is 0. The van der Waals surface area contributed by atoms with Gasteiger partial charge in [0.25, 0.3) is 0 Å². The Hall–Kier alpha value is -0.0800.